The van der Waals surface area contributed by atoms with Crippen molar-refractivity contribution in [3.8, 4) is 0 Å². The number of hydrogen-bond donors (Lipinski definition) is 1. The fourth-order valence-corrected chi connectivity index (χ4v) is 3.25. The number of benzene rings is 1. The minimum atomic E-state index is -0.196. The van der Waals surface area contributed by atoms with E-state index in [4.69, 9.17) is 0 Å². The Morgan fingerprint density at radius 3 is 2.68 bits per heavy atom. The van der Waals surface area contributed by atoms with Crippen LogP contribution in [-0.2, 0) is 11.8 Å². The van der Waals surface area contributed by atoms with Gasteiger partial charge in [-0.05, 0) is 49.2 Å². The van der Waals surface area contributed by atoms with Crippen molar-refractivity contribution in [3.63, 3.8) is 0 Å². The van der Waals surface area contributed by atoms with Crippen LogP contribution in [0.5, 0.6) is 0 Å². The maximum Gasteiger partial charge on any atom is 0.274 e. The van der Waals surface area contributed by atoms with E-state index in [2.05, 4.69) is 21.2 Å². The van der Waals surface area contributed by atoms with E-state index < -0.39 is 0 Å². The molecule has 0 bridgehead atoms. The van der Waals surface area contributed by atoms with Crippen LogP contribution in [0.2, 0.25) is 0 Å². The summed E-state index contributed by atoms with van der Waals surface area (Å²) in [6, 6.07) is 7.74. The molecule has 116 valence electrons. The molecule has 1 amide bonds. The second kappa shape index (κ2) is 7.15. The third-order valence-corrected chi connectivity index (χ3v) is 4.91. The lowest BCUT2D eigenvalue weighted by Crippen LogP contribution is -2.25. The number of carbonyl (C=O) groups is 1. The summed E-state index contributed by atoms with van der Waals surface area (Å²) >= 11 is 4.87. The van der Waals surface area contributed by atoms with Gasteiger partial charge < -0.3 is 9.88 Å². The molecule has 6 heteroatoms. The van der Waals surface area contributed by atoms with E-state index in [0.29, 0.717) is 5.69 Å². The number of amides is 1. The Morgan fingerprint density at radius 1 is 1.27 bits per heavy atom. The maximum atomic E-state index is 12.1. The number of nitrogens with zero attached hydrogens (tertiary/aromatic N) is 1. The number of carbonyl (C=O) groups excluding carboxylic acids is 1. The van der Waals surface area contributed by atoms with Crippen molar-refractivity contribution in [2.75, 3.05) is 11.1 Å². The molecule has 0 atom stereocenters. The number of hydrogen-bond acceptors (Lipinski definition) is 3. The van der Waals surface area contributed by atoms with Gasteiger partial charge in [0.2, 0.25) is 5.91 Å². The van der Waals surface area contributed by atoms with Crippen LogP contribution in [0.3, 0.4) is 0 Å². The zero-order valence-electron chi connectivity index (χ0n) is 12.6. The molecule has 0 unspecified atom stereocenters. The number of nitrogens with one attached hydrogen (secondary N) is 1. The molecule has 0 aliphatic rings. The van der Waals surface area contributed by atoms with Crippen molar-refractivity contribution in [2.45, 2.75) is 18.7 Å². The van der Waals surface area contributed by atoms with Gasteiger partial charge in [0.05, 0.1) is 5.75 Å². The topological polar surface area (TPSA) is 51.1 Å². The first-order valence-electron chi connectivity index (χ1n) is 6.73. The summed E-state index contributed by atoms with van der Waals surface area (Å²) in [6.07, 6.45) is 1.69. The van der Waals surface area contributed by atoms with Gasteiger partial charge in [-0.1, -0.05) is 15.9 Å². The number of aromatic nitrogens is 1. The van der Waals surface area contributed by atoms with E-state index in [1.54, 1.807) is 13.2 Å². The molecule has 0 aliphatic heterocycles. The van der Waals surface area contributed by atoms with Gasteiger partial charge in [-0.25, -0.2) is 0 Å². The van der Waals surface area contributed by atoms with Crippen LogP contribution >= 0.6 is 27.7 Å². The molecule has 0 radical (unpaired) electrons. The smallest absolute Gasteiger partial charge is 0.274 e. The third kappa shape index (κ3) is 4.01. The van der Waals surface area contributed by atoms with Crippen LogP contribution < -0.4 is 10.9 Å². The second-order valence-electron chi connectivity index (χ2n) is 5.04. The van der Waals surface area contributed by atoms with Crippen LogP contribution in [0.15, 0.2) is 44.6 Å². The summed E-state index contributed by atoms with van der Waals surface area (Å²) in [6.45, 7) is 3.81. The molecule has 2 rings (SSSR count). The van der Waals surface area contributed by atoms with Gasteiger partial charge in [-0.2, -0.15) is 0 Å². The highest BCUT2D eigenvalue weighted by atomic mass is 79.9. The van der Waals surface area contributed by atoms with Gasteiger partial charge in [0, 0.05) is 22.6 Å². The Balaban J connectivity index is 2.05. The van der Waals surface area contributed by atoms with Crippen LogP contribution in [-0.4, -0.2) is 16.2 Å². The molecule has 1 aromatic heterocycles. The SMILES string of the molecule is Cc1cc(Br)ccc1SCC(=O)Nc1c(C)ccn(C)c1=O. The van der Waals surface area contributed by atoms with Crippen molar-refractivity contribution < 1.29 is 4.79 Å². The van der Waals surface area contributed by atoms with E-state index in [9.17, 15) is 9.59 Å². The molecular formula is C16H17BrN2O2S. The summed E-state index contributed by atoms with van der Waals surface area (Å²) in [4.78, 5) is 25.2. The average Bonchev–Trinajstić information content (AvgIpc) is 2.47. The lowest BCUT2D eigenvalue weighted by atomic mass is 10.2. The first-order valence-corrected chi connectivity index (χ1v) is 8.51. The van der Waals surface area contributed by atoms with Gasteiger partial charge in [-0.3, -0.25) is 9.59 Å². The number of rotatable bonds is 4. The maximum absolute atomic E-state index is 12.1. The predicted molar refractivity (Wildman–Crippen MR) is 94.7 cm³/mol. The highest BCUT2D eigenvalue weighted by Crippen LogP contribution is 2.25. The summed E-state index contributed by atoms with van der Waals surface area (Å²) in [7, 11) is 1.66. The van der Waals surface area contributed by atoms with Gasteiger partial charge in [0.15, 0.2) is 0 Å². The highest BCUT2D eigenvalue weighted by Gasteiger charge is 2.11. The van der Waals surface area contributed by atoms with Crippen LogP contribution in [0, 0.1) is 13.8 Å². The Labute approximate surface area is 142 Å². The Kier molecular flexibility index (Phi) is 5.47. The molecule has 0 fully saturated rings. The third-order valence-electron chi connectivity index (χ3n) is 3.24. The number of thioether (sulfide) groups is 1. The molecule has 2 aromatic rings. The van der Waals surface area contributed by atoms with Crippen molar-refractivity contribution in [2.24, 2.45) is 7.05 Å². The van der Waals surface area contributed by atoms with E-state index in [0.717, 1.165) is 20.5 Å². The molecule has 4 nitrogen and oxygen atoms in total. The molecule has 1 aromatic carbocycles. The minimum absolute atomic E-state index is 0.182. The molecule has 22 heavy (non-hydrogen) atoms. The standard InChI is InChI=1S/C16H17BrN2O2S/c1-10-6-7-19(3)16(21)15(10)18-14(20)9-22-13-5-4-12(17)8-11(13)2/h4-8H,9H2,1-3H3,(H,18,20). The summed E-state index contributed by atoms with van der Waals surface area (Å²) in [5, 5.41) is 2.72. The highest BCUT2D eigenvalue weighted by molar-refractivity contribution is 9.10. The minimum Gasteiger partial charge on any atom is -0.321 e. The van der Waals surface area contributed by atoms with Crippen molar-refractivity contribution in [3.05, 3.63) is 56.4 Å². The second-order valence-corrected chi connectivity index (χ2v) is 6.97. The lowest BCUT2D eigenvalue weighted by Gasteiger charge is -2.10. The van der Waals surface area contributed by atoms with Crippen molar-refractivity contribution in [1.82, 2.24) is 4.57 Å². The van der Waals surface area contributed by atoms with Gasteiger partial charge in [0.1, 0.15) is 5.69 Å². The van der Waals surface area contributed by atoms with Gasteiger partial charge >= 0.3 is 0 Å². The van der Waals surface area contributed by atoms with Crippen molar-refractivity contribution in [1.29, 1.82) is 0 Å². The molecule has 0 saturated heterocycles. The van der Waals surface area contributed by atoms with Crippen LogP contribution in [0.25, 0.3) is 0 Å². The van der Waals surface area contributed by atoms with Crippen LogP contribution in [0.1, 0.15) is 11.1 Å². The fourth-order valence-electron chi connectivity index (χ4n) is 1.97. The average molecular weight is 381 g/mol. The predicted octanol–water partition coefficient (Wildman–Crippen LogP) is 3.50. The largest absolute Gasteiger partial charge is 0.321 e. The Morgan fingerprint density at radius 2 is 2.00 bits per heavy atom. The fraction of sp³-hybridized carbons (Fsp3) is 0.250. The van der Waals surface area contributed by atoms with E-state index >= 15 is 0 Å². The molecule has 0 aliphatic carbocycles. The number of halogens is 1. The van der Waals surface area contributed by atoms with E-state index in [-0.39, 0.29) is 17.2 Å². The molecule has 1 N–H and O–H groups in total. The van der Waals surface area contributed by atoms with E-state index in [1.807, 2.05) is 38.1 Å². The quantitative estimate of drug-likeness (QED) is 0.825. The molecule has 0 saturated carbocycles. The molecular weight excluding hydrogens is 364 g/mol. The summed E-state index contributed by atoms with van der Waals surface area (Å²) < 4.78 is 2.47. The first kappa shape index (κ1) is 16.8. The normalized spacial score (nSPS) is 10.5. The zero-order chi connectivity index (χ0) is 16.3. The van der Waals surface area contributed by atoms with Crippen molar-refractivity contribution >= 4 is 39.3 Å². The summed E-state index contributed by atoms with van der Waals surface area (Å²) in [5.41, 5.74) is 2.03. The number of anilines is 1. The van der Waals surface area contributed by atoms with E-state index in [1.165, 1.54) is 16.3 Å². The van der Waals surface area contributed by atoms with Gasteiger partial charge in [-0.15, -0.1) is 11.8 Å². The molecule has 0 spiro atoms. The molecule has 1 heterocycles. The lowest BCUT2D eigenvalue weighted by molar-refractivity contribution is -0.113. The zero-order valence-corrected chi connectivity index (χ0v) is 15.0. The van der Waals surface area contributed by atoms with Crippen LogP contribution in [0.4, 0.5) is 5.69 Å². The Bertz CT molecular complexity index is 771. The van der Waals surface area contributed by atoms with Gasteiger partial charge in [0.25, 0.3) is 5.56 Å². The number of aryl methyl sites for hydroxylation is 3. The summed E-state index contributed by atoms with van der Waals surface area (Å²) in [5.74, 6) is 0.0821. The Hall–Kier alpha value is -1.53. The first-order chi connectivity index (χ1) is 10.4. The number of pyridine rings is 1. The monoisotopic (exact) mass is 380 g/mol.